The van der Waals surface area contributed by atoms with E-state index in [-0.39, 0.29) is 0 Å². The highest BCUT2D eigenvalue weighted by Gasteiger charge is 2.09. The maximum absolute atomic E-state index is 5.88. The molecular weight excluding hydrogens is 292 g/mol. The maximum Gasteiger partial charge on any atom is 0.165 e. The molecule has 0 atom stereocenters. The summed E-state index contributed by atoms with van der Waals surface area (Å²) in [4.78, 5) is 0. The van der Waals surface area contributed by atoms with Crippen LogP contribution in [-0.4, -0.2) is 13.7 Å². The molecule has 2 nitrogen and oxygen atoms in total. The summed E-state index contributed by atoms with van der Waals surface area (Å²) in [6, 6.07) is 5.99. The molecule has 0 N–H and O–H groups in total. The van der Waals surface area contributed by atoms with E-state index in [2.05, 4.69) is 28.9 Å². The largest absolute Gasteiger partial charge is 0.493 e. The first-order valence-corrected chi connectivity index (χ1v) is 7.80. The second kappa shape index (κ2) is 9.26. The smallest absolute Gasteiger partial charge is 0.165 e. The molecule has 0 unspecified atom stereocenters. The summed E-state index contributed by atoms with van der Waals surface area (Å²) in [5.41, 5.74) is 1.14. The van der Waals surface area contributed by atoms with Gasteiger partial charge in [0.1, 0.15) is 0 Å². The van der Waals surface area contributed by atoms with Crippen LogP contribution in [0.4, 0.5) is 0 Å². The molecule has 0 saturated carbocycles. The highest BCUT2D eigenvalue weighted by atomic mass is 79.9. The first kappa shape index (κ1) is 15.4. The molecule has 0 aromatic heterocycles. The van der Waals surface area contributed by atoms with Crippen molar-refractivity contribution in [3.8, 4) is 11.5 Å². The van der Waals surface area contributed by atoms with Gasteiger partial charge in [-0.1, -0.05) is 60.7 Å². The van der Waals surface area contributed by atoms with Crippen LogP contribution < -0.4 is 9.47 Å². The van der Waals surface area contributed by atoms with Crippen LogP contribution in [0.3, 0.4) is 0 Å². The zero-order valence-electron chi connectivity index (χ0n) is 11.4. The summed E-state index contributed by atoms with van der Waals surface area (Å²) in [5, 5.41) is 0.787. The second-order valence-corrected chi connectivity index (χ2v) is 4.91. The molecule has 1 aromatic rings. The second-order valence-electron chi connectivity index (χ2n) is 4.34. The van der Waals surface area contributed by atoms with E-state index in [1.54, 1.807) is 7.11 Å². The van der Waals surface area contributed by atoms with Crippen LogP contribution in [0.5, 0.6) is 11.5 Å². The number of alkyl halides is 1. The number of unbranched alkanes of at least 4 members (excludes halogenated alkanes) is 4. The van der Waals surface area contributed by atoms with E-state index < -0.39 is 0 Å². The van der Waals surface area contributed by atoms with Gasteiger partial charge >= 0.3 is 0 Å². The van der Waals surface area contributed by atoms with Crippen LogP contribution in [0.1, 0.15) is 44.6 Å². The topological polar surface area (TPSA) is 18.5 Å². The van der Waals surface area contributed by atoms with Crippen LogP contribution >= 0.6 is 15.9 Å². The Balaban J connectivity index is 2.45. The van der Waals surface area contributed by atoms with Gasteiger partial charge in [-0.05, 0) is 12.5 Å². The summed E-state index contributed by atoms with van der Waals surface area (Å²) in [6.45, 7) is 3.00. The monoisotopic (exact) mass is 314 g/mol. The molecule has 0 aliphatic heterocycles. The molecule has 0 saturated heterocycles. The molecule has 0 aliphatic rings. The van der Waals surface area contributed by atoms with Crippen molar-refractivity contribution in [2.45, 2.75) is 44.4 Å². The summed E-state index contributed by atoms with van der Waals surface area (Å²) >= 11 is 3.48. The van der Waals surface area contributed by atoms with E-state index in [4.69, 9.17) is 9.47 Å². The standard InChI is InChI=1S/C15H23BrO2/c1-3-4-5-6-7-11-18-15-13(12-16)9-8-10-14(15)17-2/h8-10H,3-7,11-12H2,1-2H3. The molecule has 0 spiro atoms. The van der Waals surface area contributed by atoms with Crippen LogP contribution in [0.25, 0.3) is 0 Å². The van der Waals surface area contributed by atoms with Gasteiger partial charge in [0.15, 0.2) is 11.5 Å². The van der Waals surface area contributed by atoms with Gasteiger partial charge in [-0.3, -0.25) is 0 Å². The van der Waals surface area contributed by atoms with Crippen LogP contribution in [0.15, 0.2) is 18.2 Å². The lowest BCUT2D eigenvalue weighted by atomic mass is 10.1. The average molecular weight is 315 g/mol. The molecule has 0 fully saturated rings. The Labute approximate surface area is 119 Å². The lowest BCUT2D eigenvalue weighted by Gasteiger charge is -2.13. The first-order valence-electron chi connectivity index (χ1n) is 6.68. The highest BCUT2D eigenvalue weighted by Crippen LogP contribution is 2.32. The fourth-order valence-corrected chi connectivity index (χ4v) is 2.31. The van der Waals surface area contributed by atoms with Gasteiger partial charge in [0.25, 0.3) is 0 Å². The molecular formula is C15H23BrO2. The Bertz CT molecular complexity index is 317. The zero-order valence-corrected chi connectivity index (χ0v) is 13.0. The minimum absolute atomic E-state index is 0.768. The summed E-state index contributed by atoms with van der Waals surface area (Å²) in [6.07, 6.45) is 6.26. The van der Waals surface area contributed by atoms with E-state index >= 15 is 0 Å². The molecule has 0 radical (unpaired) electrons. The molecule has 1 aromatic carbocycles. The molecule has 3 heteroatoms. The van der Waals surface area contributed by atoms with E-state index in [1.165, 1.54) is 25.7 Å². The number of para-hydroxylation sites is 1. The average Bonchev–Trinajstić information content (AvgIpc) is 2.42. The van der Waals surface area contributed by atoms with Gasteiger partial charge < -0.3 is 9.47 Å². The SMILES string of the molecule is CCCCCCCOc1c(CBr)cccc1OC. The third-order valence-electron chi connectivity index (χ3n) is 2.92. The van der Waals surface area contributed by atoms with E-state index in [0.717, 1.165) is 35.4 Å². The molecule has 1 rings (SSSR count). The van der Waals surface area contributed by atoms with Gasteiger partial charge in [0, 0.05) is 10.9 Å². The number of hydrogen-bond donors (Lipinski definition) is 0. The van der Waals surface area contributed by atoms with Gasteiger partial charge in [-0.25, -0.2) is 0 Å². The molecule has 0 bridgehead atoms. The quantitative estimate of drug-likeness (QED) is 0.475. The number of benzene rings is 1. The summed E-state index contributed by atoms with van der Waals surface area (Å²) < 4.78 is 11.2. The minimum atomic E-state index is 0.768. The lowest BCUT2D eigenvalue weighted by Crippen LogP contribution is -2.01. The van der Waals surface area contributed by atoms with Crippen LogP contribution in [0.2, 0.25) is 0 Å². The summed E-state index contributed by atoms with van der Waals surface area (Å²) in [7, 11) is 1.68. The normalized spacial score (nSPS) is 10.4. The van der Waals surface area contributed by atoms with Gasteiger partial charge in [0.05, 0.1) is 13.7 Å². The van der Waals surface area contributed by atoms with Gasteiger partial charge in [0.2, 0.25) is 0 Å². The van der Waals surface area contributed by atoms with Crippen LogP contribution in [0, 0.1) is 0 Å². The zero-order chi connectivity index (χ0) is 13.2. The van der Waals surface area contributed by atoms with Crippen molar-refractivity contribution >= 4 is 15.9 Å². The molecule has 102 valence electrons. The van der Waals surface area contributed by atoms with E-state index in [0.29, 0.717) is 0 Å². The van der Waals surface area contributed by atoms with Crippen molar-refractivity contribution in [1.29, 1.82) is 0 Å². The fourth-order valence-electron chi connectivity index (χ4n) is 1.87. The number of hydrogen-bond acceptors (Lipinski definition) is 2. The van der Waals surface area contributed by atoms with Crippen LogP contribution in [-0.2, 0) is 5.33 Å². The Hall–Kier alpha value is -0.700. The lowest BCUT2D eigenvalue weighted by molar-refractivity contribution is 0.283. The number of ether oxygens (including phenoxy) is 2. The predicted octanol–water partition coefficient (Wildman–Crippen LogP) is 4.94. The van der Waals surface area contributed by atoms with Crippen molar-refractivity contribution in [1.82, 2.24) is 0 Å². The van der Waals surface area contributed by atoms with Crippen molar-refractivity contribution < 1.29 is 9.47 Å². The van der Waals surface area contributed by atoms with Crippen molar-refractivity contribution in [3.05, 3.63) is 23.8 Å². The fraction of sp³-hybridized carbons (Fsp3) is 0.600. The first-order chi connectivity index (χ1) is 8.83. The van der Waals surface area contributed by atoms with Crippen molar-refractivity contribution in [2.75, 3.05) is 13.7 Å². The molecule has 0 aliphatic carbocycles. The Morgan fingerprint density at radius 3 is 2.56 bits per heavy atom. The number of methoxy groups -OCH3 is 1. The van der Waals surface area contributed by atoms with Crippen molar-refractivity contribution in [3.63, 3.8) is 0 Å². The summed E-state index contributed by atoms with van der Waals surface area (Å²) in [5.74, 6) is 1.70. The van der Waals surface area contributed by atoms with Gasteiger partial charge in [-0.2, -0.15) is 0 Å². The van der Waals surface area contributed by atoms with E-state index in [1.807, 2.05) is 12.1 Å². The Morgan fingerprint density at radius 1 is 1.11 bits per heavy atom. The molecule has 18 heavy (non-hydrogen) atoms. The minimum Gasteiger partial charge on any atom is -0.493 e. The molecule has 0 amide bonds. The third kappa shape index (κ3) is 4.89. The predicted molar refractivity (Wildman–Crippen MR) is 79.9 cm³/mol. The highest BCUT2D eigenvalue weighted by molar-refractivity contribution is 9.08. The number of halogens is 1. The third-order valence-corrected chi connectivity index (χ3v) is 3.52. The van der Waals surface area contributed by atoms with Gasteiger partial charge in [-0.15, -0.1) is 0 Å². The maximum atomic E-state index is 5.88. The Kier molecular flexibility index (Phi) is 7.90. The number of rotatable bonds is 9. The molecule has 0 heterocycles. The van der Waals surface area contributed by atoms with Crippen molar-refractivity contribution in [2.24, 2.45) is 0 Å². The van der Waals surface area contributed by atoms with E-state index in [9.17, 15) is 0 Å². The Morgan fingerprint density at radius 2 is 1.89 bits per heavy atom.